The fraction of sp³-hybridized carbons (Fsp3) is 0.0833. The van der Waals surface area contributed by atoms with Crippen LogP contribution < -0.4 is 9.47 Å². The Balaban J connectivity index is 1.73. The lowest BCUT2D eigenvalue weighted by atomic mass is 10.1. The van der Waals surface area contributed by atoms with Gasteiger partial charge in [0.05, 0.1) is 16.7 Å². The van der Waals surface area contributed by atoms with Crippen LogP contribution in [0.1, 0.15) is 5.56 Å². The van der Waals surface area contributed by atoms with Crippen molar-refractivity contribution in [3.63, 3.8) is 0 Å². The number of ether oxygens (including phenoxy) is 2. The van der Waals surface area contributed by atoms with Crippen LogP contribution in [0.5, 0.6) is 11.5 Å². The quantitative estimate of drug-likeness (QED) is 0.360. The van der Waals surface area contributed by atoms with Gasteiger partial charge in [-0.25, -0.2) is 4.68 Å². The molecule has 0 atom stereocenters. The molecule has 0 bridgehead atoms. The smallest absolute Gasteiger partial charge is 0.231 e. The maximum absolute atomic E-state index is 6.44. The highest BCUT2D eigenvalue weighted by Crippen LogP contribution is 2.40. The monoisotopic (exact) mass is 413 g/mol. The summed E-state index contributed by atoms with van der Waals surface area (Å²) < 4.78 is 13.1. The molecule has 30 heavy (non-hydrogen) atoms. The van der Waals surface area contributed by atoms with E-state index in [2.05, 4.69) is 12.1 Å². The Morgan fingerprint density at radius 3 is 2.53 bits per heavy atom. The molecular formula is C24H16ClN3O2. The standard InChI is InChI=1S/C24H16ClN3O2/c1-14-7-8-16(9-19(14)25)28-24-17-10-21-22(30-13-29-21)11-20(17)26-12-18(24)23(27-28)15-5-3-2-4-6-15/h2-12H,13H2,1H3. The minimum Gasteiger partial charge on any atom is -0.454 e. The molecule has 3 aromatic carbocycles. The van der Waals surface area contributed by atoms with Gasteiger partial charge in [0.2, 0.25) is 6.79 Å². The molecule has 0 amide bonds. The van der Waals surface area contributed by atoms with Gasteiger partial charge in [-0.05, 0) is 30.7 Å². The van der Waals surface area contributed by atoms with Crippen LogP contribution in [0.2, 0.25) is 5.02 Å². The minimum absolute atomic E-state index is 0.219. The number of nitrogens with zero attached hydrogens (tertiary/aromatic N) is 3. The first-order valence-electron chi connectivity index (χ1n) is 9.62. The molecule has 5 aromatic rings. The van der Waals surface area contributed by atoms with Gasteiger partial charge >= 0.3 is 0 Å². The van der Waals surface area contributed by atoms with Gasteiger partial charge in [0.25, 0.3) is 0 Å². The normalized spacial score (nSPS) is 12.7. The van der Waals surface area contributed by atoms with Crippen molar-refractivity contribution >= 4 is 33.4 Å². The zero-order valence-corrected chi connectivity index (χ0v) is 16.8. The van der Waals surface area contributed by atoms with Gasteiger partial charge in [0, 0.05) is 33.6 Å². The summed E-state index contributed by atoms with van der Waals surface area (Å²) >= 11 is 6.44. The van der Waals surface area contributed by atoms with Crippen LogP contribution in [-0.4, -0.2) is 21.6 Å². The van der Waals surface area contributed by atoms with E-state index in [1.807, 2.05) is 66.3 Å². The van der Waals surface area contributed by atoms with E-state index in [0.717, 1.165) is 44.3 Å². The third kappa shape index (κ3) is 2.56. The van der Waals surface area contributed by atoms with Crippen molar-refractivity contribution < 1.29 is 9.47 Å². The fourth-order valence-corrected chi connectivity index (χ4v) is 4.06. The molecule has 2 aromatic heterocycles. The van der Waals surface area contributed by atoms with Gasteiger partial charge in [-0.15, -0.1) is 0 Å². The van der Waals surface area contributed by atoms with E-state index in [0.29, 0.717) is 16.5 Å². The number of rotatable bonds is 2. The lowest BCUT2D eigenvalue weighted by molar-refractivity contribution is 0.174. The summed E-state index contributed by atoms with van der Waals surface area (Å²) in [6.07, 6.45) is 1.88. The number of pyridine rings is 1. The van der Waals surface area contributed by atoms with Crippen LogP contribution in [0, 0.1) is 6.92 Å². The lowest BCUT2D eigenvalue weighted by Gasteiger charge is -2.08. The highest BCUT2D eigenvalue weighted by atomic mass is 35.5. The van der Waals surface area contributed by atoms with Crippen molar-refractivity contribution in [3.8, 4) is 28.4 Å². The van der Waals surface area contributed by atoms with E-state index < -0.39 is 0 Å². The molecule has 6 heteroatoms. The molecule has 0 radical (unpaired) electrons. The number of aromatic nitrogens is 3. The van der Waals surface area contributed by atoms with Gasteiger partial charge in [0.1, 0.15) is 5.69 Å². The van der Waals surface area contributed by atoms with E-state index in [9.17, 15) is 0 Å². The second kappa shape index (κ2) is 6.47. The summed E-state index contributed by atoms with van der Waals surface area (Å²) in [5.41, 5.74) is 5.59. The molecule has 0 aliphatic carbocycles. The zero-order valence-electron chi connectivity index (χ0n) is 16.1. The van der Waals surface area contributed by atoms with Crippen molar-refractivity contribution in [2.45, 2.75) is 6.92 Å². The van der Waals surface area contributed by atoms with Crippen molar-refractivity contribution in [2.75, 3.05) is 6.79 Å². The number of halogens is 1. The Labute approximate surface area is 177 Å². The maximum Gasteiger partial charge on any atom is 0.231 e. The Hall–Kier alpha value is -3.57. The van der Waals surface area contributed by atoms with Crippen LogP contribution in [0.4, 0.5) is 0 Å². The third-order valence-corrected chi connectivity index (χ3v) is 5.86. The number of aryl methyl sites for hydroxylation is 1. The molecule has 0 N–H and O–H groups in total. The van der Waals surface area contributed by atoms with Crippen LogP contribution in [0.15, 0.2) is 66.9 Å². The zero-order chi connectivity index (χ0) is 20.2. The van der Waals surface area contributed by atoms with Gasteiger partial charge in [0.15, 0.2) is 11.5 Å². The second-order valence-electron chi connectivity index (χ2n) is 7.30. The Morgan fingerprint density at radius 1 is 0.933 bits per heavy atom. The average Bonchev–Trinajstić information content (AvgIpc) is 3.39. The summed E-state index contributed by atoms with van der Waals surface area (Å²) in [6.45, 7) is 2.21. The van der Waals surface area contributed by atoms with Crippen molar-refractivity contribution in [1.82, 2.24) is 14.8 Å². The molecule has 0 spiro atoms. The topological polar surface area (TPSA) is 49.2 Å². The molecule has 0 unspecified atom stereocenters. The van der Waals surface area contributed by atoms with Crippen LogP contribution in [0.25, 0.3) is 38.8 Å². The molecule has 1 aliphatic heterocycles. The van der Waals surface area contributed by atoms with E-state index in [-0.39, 0.29) is 6.79 Å². The maximum atomic E-state index is 6.44. The van der Waals surface area contributed by atoms with Crippen LogP contribution in [0.3, 0.4) is 0 Å². The molecule has 0 saturated carbocycles. The highest BCUT2D eigenvalue weighted by molar-refractivity contribution is 6.31. The molecule has 1 aliphatic rings. The molecular weight excluding hydrogens is 398 g/mol. The van der Waals surface area contributed by atoms with E-state index >= 15 is 0 Å². The van der Waals surface area contributed by atoms with E-state index in [4.69, 9.17) is 31.2 Å². The molecule has 0 saturated heterocycles. The molecule has 6 rings (SSSR count). The highest BCUT2D eigenvalue weighted by Gasteiger charge is 2.21. The largest absolute Gasteiger partial charge is 0.454 e. The summed E-state index contributed by atoms with van der Waals surface area (Å²) in [6, 6.07) is 20.0. The Morgan fingerprint density at radius 2 is 1.73 bits per heavy atom. The number of hydrogen-bond acceptors (Lipinski definition) is 4. The average molecular weight is 414 g/mol. The minimum atomic E-state index is 0.219. The summed E-state index contributed by atoms with van der Waals surface area (Å²) in [5, 5.41) is 7.60. The number of hydrogen-bond donors (Lipinski definition) is 0. The Kier molecular flexibility index (Phi) is 3.73. The van der Waals surface area contributed by atoms with Crippen LogP contribution >= 0.6 is 11.6 Å². The predicted molar refractivity (Wildman–Crippen MR) is 118 cm³/mol. The summed E-state index contributed by atoms with van der Waals surface area (Å²) in [7, 11) is 0. The SMILES string of the molecule is Cc1ccc(-n2nc(-c3ccccc3)c3cnc4cc5c(cc4c32)OCO5)cc1Cl. The van der Waals surface area contributed by atoms with E-state index in [1.54, 1.807) is 0 Å². The summed E-state index contributed by atoms with van der Waals surface area (Å²) in [4.78, 5) is 4.70. The third-order valence-electron chi connectivity index (χ3n) is 5.45. The van der Waals surface area contributed by atoms with Crippen molar-refractivity contribution in [1.29, 1.82) is 0 Å². The number of benzene rings is 3. The van der Waals surface area contributed by atoms with Crippen LogP contribution in [-0.2, 0) is 0 Å². The van der Waals surface area contributed by atoms with Crippen molar-refractivity contribution in [2.24, 2.45) is 0 Å². The first-order chi connectivity index (χ1) is 14.7. The molecule has 5 nitrogen and oxygen atoms in total. The molecule has 0 fully saturated rings. The predicted octanol–water partition coefficient (Wildman–Crippen LogP) is 5.93. The van der Waals surface area contributed by atoms with Gasteiger partial charge in [-0.1, -0.05) is 48.0 Å². The van der Waals surface area contributed by atoms with Gasteiger partial charge in [-0.2, -0.15) is 5.10 Å². The summed E-state index contributed by atoms with van der Waals surface area (Å²) in [5.74, 6) is 1.43. The first-order valence-corrected chi connectivity index (χ1v) is 10.00. The van der Waals surface area contributed by atoms with Crippen molar-refractivity contribution in [3.05, 3.63) is 77.4 Å². The fourth-order valence-electron chi connectivity index (χ4n) is 3.88. The molecule has 3 heterocycles. The molecule has 146 valence electrons. The van der Waals surface area contributed by atoms with Gasteiger partial charge in [-0.3, -0.25) is 4.98 Å². The lowest BCUT2D eigenvalue weighted by Crippen LogP contribution is -1.98. The second-order valence-corrected chi connectivity index (χ2v) is 7.71. The Bertz CT molecular complexity index is 1440. The van der Waals surface area contributed by atoms with Gasteiger partial charge < -0.3 is 9.47 Å². The van der Waals surface area contributed by atoms with E-state index in [1.165, 1.54) is 0 Å². The number of fused-ring (bicyclic) bond motifs is 4. The first kappa shape index (κ1) is 17.3.